The molecule has 1 unspecified atom stereocenters. The SMILES string of the molecule is N#CC1=C2C(=O)C(O)C=C(O)C2=CN(c2ccc(O)c(F)c2)C1. The highest BCUT2D eigenvalue weighted by Crippen LogP contribution is 2.34. The number of rotatable bonds is 1. The maximum Gasteiger partial charge on any atom is 0.197 e. The van der Waals surface area contributed by atoms with Crippen LogP contribution in [-0.4, -0.2) is 33.8 Å². The molecule has 23 heavy (non-hydrogen) atoms. The van der Waals surface area contributed by atoms with Crippen LogP contribution in [0.15, 0.2) is 53.0 Å². The van der Waals surface area contributed by atoms with Crippen LogP contribution in [0.4, 0.5) is 10.1 Å². The van der Waals surface area contributed by atoms with Crippen LogP contribution in [0.2, 0.25) is 0 Å². The number of ketones is 1. The van der Waals surface area contributed by atoms with Crippen LogP contribution >= 0.6 is 0 Å². The molecule has 1 aliphatic heterocycles. The van der Waals surface area contributed by atoms with Gasteiger partial charge in [-0.25, -0.2) is 4.39 Å². The molecular formula is C16H11FN2O4. The van der Waals surface area contributed by atoms with Gasteiger partial charge in [-0.15, -0.1) is 0 Å². The topological polar surface area (TPSA) is 105 Å². The monoisotopic (exact) mass is 314 g/mol. The third-order valence-corrected chi connectivity index (χ3v) is 3.69. The molecule has 0 aromatic heterocycles. The largest absolute Gasteiger partial charge is 0.507 e. The van der Waals surface area contributed by atoms with Crippen LogP contribution < -0.4 is 4.90 Å². The minimum atomic E-state index is -1.50. The fraction of sp³-hybridized carbons (Fsp3) is 0.125. The lowest BCUT2D eigenvalue weighted by atomic mass is 9.85. The summed E-state index contributed by atoms with van der Waals surface area (Å²) < 4.78 is 13.5. The Morgan fingerprint density at radius 1 is 1.35 bits per heavy atom. The second-order valence-electron chi connectivity index (χ2n) is 5.13. The number of carbonyl (C=O) groups excluding carboxylic acids is 1. The maximum atomic E-state index is 13.5. The highest BCUT2D eigenvalue weighted by molar-refractivity contribution is 6.08. The Morgan fingerprint density at radius 3 is 2.74 bits per heavy atom. The lowest BCUT2D eigenvalue weighted by molar-refractivity contribution is -0.121. The number of aliphatic hydroxyl groups excluding tert-OH is 2. The third-order valence-electron chi connectivity index (χ3n) is 3.69. The number of carbonyl (C=O) groups is 1. The van der Waals surface area contributed by atoms with Gasteiger partial charge in [0, 0.05) is 29.1 Å². The summed E-state index contributed by atoms with van der Waals surface area (Å²) in [5.74, 6) is -2.33. The molecule has 0 fully saturated rings. The molecule has 7 heteroatoms. The summed E-state index contributed by atoms with van der Waals surface area (Å²) in [5.41, 5.74) is 0.456. The van der Waals surface area contributed by atoms with Crippen molar-refractivity contribution >= 4 is 11.5 Å². The molecule has 3 N–H and O–H groups in total. The summed E-state index contributed by atoms with van der Waals surface area (Å²) in [6, 6.07) is 5.57. The van der Waals surface area contributed by atoms with E-state index < -0.39 is 23.5 Å². The Kier molecular flexibility index (Phi) is 3.39. The molecule has 0 spiro atoms. The van der Waals surface area contributed by atoms with E-state index in [0.29, 0.717) is 5.69 Å². The second kappa shape index (κ2) is 5.26. The molecule has 1 aromatic rings. The number of phenolic OH excluding ortho intramolecular Hbond substituents is 1. The van der Waals surface area contributed by atoms with Crippen molar-refractivity contribution in [2.75, 3.05) is 11.4 Å². The minimum Gasteiger partial charge on any atom is -0.507 e. The number of aromatic hydroxyl groups is 1. The van der Waals surface area contributed by atoms with Gasteiger partial charge in [-0.1, -0.05) is 0 Å². The molecule has 116 valence electrons. The van der Waals surface area contributed by atoms with Gasteiger partial charge in [0.05, 0.1) is 18.2 Å². The van der Waals surface area contributed by atoms with Gasteiger partial charge in [0.1, 0.15) is 11.9 Å². The van der Waals surface area contributed by atoms with Crippen molar-refractivity contribution < 1.29 is 24.5 Å². The van der Waals surface area contributed by atoms with Crippen LogP contribution in [0.3, 0.4) is 0 Å². The molecule has 1 aromatic carbocycles. The van der Waals surface area contributed by atoms with E-state index in [1.807, 2.05) is 6.07 Å². The molecule has 1 heterocycles. The molecule has 0 bridgehead atoms. The van der Waals surface area contributed by atoms with Gasteiger partial charge >= 0.3 is 0 Å². The second-order valence-corrected chi connectivity index (χ2v) is 5.13. The Hall–Kier alpha value is -3.11. The smallest absolute Gasteiger partial charge is 0.197 e. The number of hydrogen-bond acceptors (Lipinski definition) is 6. The van der Waals surface area contributed by atoms with E-state index >= 15 is 0 Å². The first-order valence-electron chi connectivity index (χ1n) is 6.66. The standard InChI is InChI=1S/C16H11FN2O4/c17-11-3-9(1-2-12(11)20)19-6-8(5-18)15-10(7-19)13(21)4-14(22)16(15)23/h1-4,7,14,20-22H,6H2. The summed E-state index contributed by atoms with van der Waals surface area (Å²) in [7, 11) is 0. The number of phenols is 1. The number of nitriles is 1. The summed E-state index contributed by atoms with van der Waals surface area (Å²) in [6.07, 6.45) is 0.883. The van der Waals surface area contributed by atoms with E-state index in [1.165, 1.54) is 23.2 Å². The Bertz CT molecular complexity index is 848. The Morgan fingerprint density at radius 2 is 2.09 bits per heavy atom. The predicted octanol–water partition coefficient (Wildman–Crippen LogP) is 1.44. The van der Waals surface area contributed by atoms with Crippen molar-refractivity contribution in [3.8, 4) is 11.8 Å². The Balaban J connectivity index is 2.12. The zero-order chi connectivity index (χ0) is 16.7. The average molecular weight is 314 g/mol. The zero-order valence-electron chi connectivity index (χ0n) is 11.7. The molecule has 0 radical (unpaired) electrons. The number of fused-ring (bicyclic) bond motifs is 1. The van der Waals surface area contributed by atoms with Gasteiger partial charge in [-0.2, -0.15) is 5.26 Å². The normalized spacial score (nSPS) is 20.7. The molecule has 3 rings (SSSR count). The van der Waals surface area contributed by atoms with Gasteiger partial charge < -0.3 is 20.2 Å². The molecule has 0 amide bonds. The zero-order valence-corrected chi connectivity index (χ0v) is 11.7. The fourth-order valence-corrected chi connectivity index (χ4v) is 2.55. The number of allylic oxidation sites excluding steroid dienone is 1. The average Bonchev–Trinajstić information content (AvgIpc) is 2.54. The van der Waals surface area contributed by atoms with Crippen LogP contribution in [0.1, 0.15) is 0 Å². The van der Waals surface area contributed by atoms with Crippen molar-refractivity contribution in [1.29, 1.82) is 5.26 Å². The predicted molar refractivity (Wildman–Crippen MR) is 77.9 cm³/mol. The Labute approximate surface area is 130 Å². The van der Waals surface area contributed by atoms with E-state index in [1.54, 1.807) is 0 Å². The van der Waals surface area contributed by atoms with E-state index in [2.05, 4.69) is 0 Å². The summed E-state index contributed by atoms with van der Waals surface area (Å²) in [4.78, 5) is 13.5. The number of nitrogens with zero attached hydrogens (tertiary/aromatic N) is 2. The van der Waals surface area contributed by atoms with E-state index in [0.717, 1.165) is 12.1 Å². The maximum absolute atomic E-state index is 13.5. The number of benzene rings is 1. The van der Waals surface area contributed by atoms with Crippen LogP contribution in [0.5, 0.6) is 5.75 Å². The fourth-order valence-electron chi connectivity index (χ4n) is 2.55. The van der Waals surface area contributed by atoms with Gasteiger partial charge in [-0.05, 0) is 18.2 Å². The highest BCUT2D eigenvalue weighted by Gasteiger charge is 2.35. The van der Waals surface area contributed by atoms with Crippen molar-refractivity contribution in [2.45, 2.75) is 6.10 Å². The van der Waals surface area contributed by atoms with Crippen molar-refractivity contribution in [3.63, 3.8) is 0 Å². The van der Waals surface area contributed by atoms with Crippen molar-refractivity contribution in [3.05, 3.63) is 58.8 Å². The lowest BCUT2D eigenvalue weighted by Crippen LogP contribution is -2.34. The molecule has 2 aliphatic rings. The van der Waals surface area contributed by atoms with E-state index in [-0.39, 0.29) is 29.0 Å². The van der Waals surface area contributed by atoms with Crippen LogP contribution in [-0.2, 0) is 4.79 Å². The van der Waals surface area contributed by atoms with E-state index in [4.69, 9.17) is 0 Å². The molecule has 0 saturated carbocycles. The summed E-state index contributed by atoms with van der Waals surface area (Å²) in [6.45, 7) is -0.0225. The van der Waals surface area contributed by atoms with Crippen molar-refractivity contribution in [1.82, 2.24) is 0 Å². The molecular weight excluding hydrogens is 303 g/mol. The minimum absolute atomic E-state index is 0.0225. The molecule has 1 aliphatic carbocycles. The van der Waals surface area contributed by atoms with Crippen molar-refractivity contribution in [2.24, 2.45) is 0 Å². The summed E-state index contributed by atoms with van der Waals surface area (Å²) in [5, 5.41) is 38.1. The summed E-state index contributed by atoms with van der Waals surface area (Å²) >= 11 is 0. The number of halogens is 1. The van der Waals surface area contributed by atoms with E-state index in [9.17, 15) is 29.8 Å². The van der Waals surface area contributed by atoms with Gasteiger partial charge in [0.25, 0.3) is 0 Å². The third kappa shape index (κ3) is 2.35. The first kappa shape index (κ1) is 14.8. The molecule has 0 saturated heterocycles. The van der Waals surface area contributed by atoms with Crippen LogP contribution in [0, 0.1) is 17.1 Å². The van der Waals surface area contributed by atoms with Gasteiger partial charge in [0.15, 0.2) is 17.3 Å². The number of aliphatic hydroxyl groups is 2. The molecule has 1 atom stereocenters. The highest BCUT2D eigenvalue weighted by atomic mass is 19.1. The lowest BCUT2D eigenvalue weighted by Gasteiger charge is -2.30. The van der Waals surface area contributed by atoms with Crippen LogP contribution in [0.25, 0.3) is 0 Å². The molecule has 6 nitrogen and oxygen atoms in total. The number of hydrogen-bond donors (Lipinski definition) is 3. The van der Waals surface area contributed by atoms with Gasteiger partial charge in [-0.3, -0.25) is 4.79 Å². The van der Waals surface area contributed by atoms with Gasteiger partial charge in [0.2, 0.25) is 0 Å². The first-order valence-corrected chi connectivity index (χ1v) is 6.66. The number of anilines is 1. The first-order chi connectivity index (χ1) is 10.9. The number of Topliss-reactive ketones (excluding diaryl/α,β-unsaturated/α-hetero) is 1. The quantitative estimate of drug-likeness (QED) is 0.724.